The summed E-state index contributed by atoms with van der Waals surface area (Å²) in [4.78, 5) is 22.4. The lowest BCUT2D eigenvalue weighted by molar-refractivity contribution is -0.384. The molecule has 0 radical (unpaired) electrons. The molecule has 0 spiro atoms. The predicted molar refractivity (Wildman–Crippen MR) is 98.7 cm³/mol. The smallest absolute Gasteiger partial charge is 0.271 e. The van der Waals surface area contributed by atoms with Crippen LogP contribution in [0, 0.1) is 17.0 Å². The molecule has 0 aliphatic heterocycles. The summed E-state index contributed by atoms with van der Waals surface area (Å²) in [5.41, 5.74) is 4.11. The zero-order valence-corrected chi connectivity index (χ0v) is 14.2. The monoisotopic (exact) mass is 365 g/mol. The van der Waals surface area contributed by atoms with Gasteiger partial charge in [-0.2, -0.15) is 5.10 Å². The number of furan rings is 1. The molecule has 0 saturated heterocycles. The number of aromatic hydroxyl groups is 1. The van der Waals surface area contributed by atoms with E-state index in [0.29, 0.717) is 22.6 Å². The SMILES string of the molecule is Cc1ccc([N+](=O)[O-])cc1-c1ccc(/C=N/NC(=O)c2ccc(O)cc2)o1. The second-order valence-electron chi connectivity index (χ2n) is 5.70. The second kappa shape index (κ2) is 7.52. The van der Waals surface area contributed by atoms with E-state index in [1.807, 2.05) is 6.92 Å². The number of nitrogens with one attached hydrogen (secondary N) is 1. The van der Waals surface area contributed by atoms with Crippen molar-refractivity contribution in [3.8, 4) is 17.1 Å². The van der Waals surface area contributed by atoms with Crippen molar-refractivity contribution in [3.63, 3.8) is 0 Å². The van der Waals surface area contributed by atoms with Crippen LogP contribution in [0.25, 0.3) is 11.3 Å². The number of benzene rings is 2. The van der Waals surface area contributed by atoms with Crippen molar-refractivity contribution in [1.82, 2.24) is 5.43 Å². The second-order valence-corrected chi connectivity index (χ2v) is 5.70. The van der Waals surface area contributed by atoms with Crippen molar-refractivity contribution >= 4 is 17.8 Å². The lowest BCUT2D eigenvalue weighted by Gasteiger charge is -2.02. The number of hydrogen-bond donors (Lipinski definition) is 2. The summed E-state index contributed by atoms with van der Waals surface area (Å²) in [6.45, 7) is 1.83. The van der Waals surface area contributed by atoms with Gasteiger partial charge in [-0.1, -0.05) is 6.07 Å². The van der Waals surface area contributed by atoms with Crippen LogP contribution >= 0.6 is 0 Å². The van der Waals surface area contributed by atoms with Crippen LogP contribution in [0.2, 0.25) is 0 Å². The van der Waals surface area contributed by atoms with Crippen LogP contribution in [0.3, 0.4) is 0 Å². The molecule has 2 N–H and O–H groups in total. The molecule has 0 bridgehead atoms. The van der Waals surface area contributed by atoms with Gasteiger partial charge in [-0.25, -0.2) is 5.43 Å². The lowest BCUT2D eigenvalue weighted by atomic mass is 10.1. The summed E-state index contributed by atoms with van der Waals surface area (Å²) in [6, 6.07) is 13.6. The Kier molecular flexibility index (Phi) is 4.98. The highest BCUT2D eigenvalue weighted by Crippen LogP contribution is 2.28. The van der Waals surface area contributed by atoms with Crippen molar-refractivity contribution in [1.29, 1.82) is 0 Å². The molecule has 8 heteroatoms. The van der Waals surface area contributed by atoms with E-state index in [2.05, 4.69) is 10.5 Å². The number of phenolic OH excluding ortho intramolecular Hbond substituents is 1. The molecule has 2 aromatic carbocycles. The molecule has 1 aromatic heterocycles. The molecule has 1 heterocycles. The van der Waals surface area contributed by atoms with Crippen molar-refractivity contribution < 1.29 is 19.2 Å². The zero-order valence-electron chi connectivity index (χ0n) is 14.2. The molecule has 0 aliphatic carbocycles. The van der Waals surface area contributed by atoms with Crippen molar-refractivity contribution in [2.24, 2.45) is 5.10 Å². The molecule has 3 rings (SSSR count). The number of hydrogen-bond acceptors (Lipinski definition) is 6. The quantitative estimate of drug-likeness (QED) is 0.407. The number of nitrogens with zero attached hydrogens (tertiary/aromatic N) is 2. The Bertz CT molecular complexity index is 1020. The fourth-order valence-electron chi connectivity index (χ4n) is 2.39. The van der Waals surface area contributed by atoms with Gasteiger partial charge in [0.2, 0.25) is 0 Å². The topological polar surface area (TPSA) is 118 Å². The molecule has 0 fully saturated rings. The number of rotatable bonds is 5. The fourth-order valence-corrected chi connectivity index (χ4v) is 2.39. The third-order valence-corrected chi connectivity index (χ3v) is 3.81. The summed E-state index contributed by atoms with van der Waals surface area (Å²) in [5.74, 6) is 0.464. The number of amides is 1. The highest BCUT2D eigenvalue weighted by molar-refractivity contribution is 5.94. The standard InChI is InChI=1S/C19H15N3O5/c1-12-2-5-14(22(25)26)10-17(12)18-9-8-16(27-18)11-20-21-19(24)13-3-6-15(23)7-4-13/h2-11,23H,1H3,(H,21,24)/b20-11+. The van der Waals surface area contributed by atoms with E-state index in [9.17, 15) is 20.0 Å². The van der Waals surface area contributed by atoms with Gasteiger partial charge in [0.05, 0.1) is 11.1 Å². The number of phenols is 1. The van der Waals surface area contributed by atoms with Crippen molar-refractivity contribution in [3.05, 3.63) is 81.6 Å². The Labute approximate surface area is 153 Å². The first-order valence-corrected chi connectivity index (χ1v) is 7.92. The van der Waals surface area contributed by atoms with Gasteiger partial charge in [0.25, 0.3) is 11.6 Å². The Hall–Kier alpha value is -3.94. The van der Waals surface area contributed by atoms with E-state index >= 15 is 0 Å². The first kappa shape index (κ1) is 17.9. The molecular weight excluding hydrogens is 350 g/mol. The number of nitro benzene ring substituents is 1. The average molecular weight is 365 g/mol. The van der Waals surface area contributed by atoms with E-state index in [0.717, 1.165) is 5.56 Å². The van der Waals surface area contributed by atoms with Gasteiger partial charge < -0.3 is 9.52 Å². The molecule has 136 valence electrons. The summed E-state index contributed by atoms with van der Waals surface area (Å²) in [7, 11) is 0. The van der Waals surface area contributed by atoms with Gasteiger partial charge in [-0.3, -0.25) is 14.9 Å². The van der Waals surface area contributed by atoms with Crippen LogP contribution in [0.15, 0.2) is 64.1 Å². The zero-order chi connectivity index (χ0) is 19.4. The minimum absolute atomic E-state index is 0.0246. The third-order valence-electron chi connectivity index (χ3n) is 3.81. The number of non-ortho nitro benzene ring substituents is 1. The molecule has 8 nitrogen and oxygen atoms in total. The van der Waals surface area contributed by atoms with E-state index < -0.39 is 10.8 Å². The van der Waals surface area contributed by atoms with Crippen LogP contribution in [-0.2, 0) is 0 Å². The normalized spacial score (nSPS) is 10.9. The summed E-state index contributed by atoms with van der Waals surface area (Å²) in [6.07, 6.45) is 1.33. The van der Waals surface area contributed by atoms with Gasteiger partial charge in [-0.15, -0.1) is 0 Å². The highest BCUT2D eigenvalue weighted by Gasteiger charge is 2.13. The lowest BCUT2D eigenvalue weighted by Crippen LogP contribution is -2.17. The maximum absolute atomic E-state index is 11.9. The molecule has 0 saturated carbocycles. The first-order chi connectivity index (χ1) is 12.9. The van der Waals surface area contributed by atoms with Crippen LogP contribution < -0.4 is 5.43 Å². The van der Waals surface area contributed by atoms with Crippen LogP contribution in [0.4, 0.5) is 5.69 Å². The van der Waals surface area contributed by atoms with Gasteiger partial charge in [0.1, 0.15) is 17.3 Å². The van der Waals surface area contributed by atoms with Crippen LogP contribution in [-0.4, -0.2) is 22.2 Å². The highest BCUT2D eigenvalue weighted by atomic mass is 16.6. The van der Waals surface area contributed by atoms with E-state index in [1.54, 1.807) is 18.2 Å². The summed E-state index contributed by atoms with van der Waals surface area (Å²) >= 11 is 0. The Morgan fingerprint density at radius 2 is 1.93 bits per heavy atom. The molecule has 0 unspecified atom stereocenters. The van der Waals surface area contributed by atoms with Crippen LogP contribution in [0.1, 0.15) is 21.7 Å². The maximum atomic E-state index is 11.9. The number of carbonyl (C=O) groups excluding carboxylic acids is 1. The fraction of sp³-hybridized carbons (Fsp3) is 0.0526. The van der Waals surface area contributed by atoms with E-state index in [4.69, 9.17) is 4.42 Å². The molecule has 0 atom stereocenters. The Morgan fingerprint density at radius 1 is 1.19 bits per heavy atom. The van der Waals surface area contributed by atoms with Crippen LogP contribution in [0.5, 0.6) is 5.75 Å². The molecule has 1 amide bonds. The Morgan fingerprint density at radius 3 is 2.63 bits per heavy atom. The molecule has 27 heavy (non-hydrogen) atoms. The number of hydrazone groups is 1. The van der Waals surface area contributed by atoms with E-state index in [-0.39, 0.29) is 11.4 Å². The van der Waals surface area contributed by atoms with Gasteiger partial charge in [-0.05, 0) is 48.9 Å². The van der Waals surface area contributed by atoms with E-state index in [1.165, 1.54) is 42.6 Å². The number of carbonyl (C=O) groups is 1. The van der Waals surface area contributed by atoms with Gasteiger partial charge in [0.15, 0.2) is 0 Å². The van der Waals surface area contributed by atoms with Crippen molar-refractivity contribution in [2.75, 3.05) is 0 Å². The Balaban J connectivity index is 1.72. The van der Waals surface area contributed by atoms with Crippen molar-refractivity contribution in [2.45, 2.75) is 6.92 Å². The minimum atomic E-state index is -0.465. The van der Waals surface area contributed by atoms with Gasteiger partial charge in [0, 0.05) is 23.3 Å². The molecule has 3 aromatic rings. The molecular formula is C19H15N3O5. The third kappa shape index (κ3) is 4.18. The average Bonchev–Trinajstić information content (AvgIpc) is 3.11. The maximum Gasteiger partial charge on any atom is 0.271 e. The predicted octanol–water partition coefficient (Wildman–Crippen LogP) is 3.63. The largest absolute Gasteiger partial charge is 0.508 e. The first-order valence-electron chi connectivity index (χ1n) is 7.92. The molecule has 0 aliphatic rings. The summed E-state index contributed by atoms with van der Waals surface area (Å²) in [5, 5.41) is 24.0. The minimum Gasteiger partial charge on any atom is -0.508 e. The number of aryl methyl sites for hydroxylation is 1. The van der Waals surface area contributed by atoms with Gasteiger partial charge >= 0.3 is 0 Å². The summed E-state index contributed by atoms with van der Waals surface area (Å²) < 4.78 is 5.63. The number of nitro groups is 1.